The number of rotatable bonds is 15. The third-order valence-electron chi connectivity index (χ3n) is 5.91. The van der Waals surface area contributed by atoms with Crippen LogP contribution < -0.4 is 32.3 Å². The second kappa shape index (κ2) is 18.0. The monoisotopic (exact) mass is 670 g/mol. The Morgan fingerprint density at radius 1 is 0.809 bits per heavy atom. The molecule has 0 aliphatic rings. The van der Waals surface area contributed by atoms with E-state index in [-0.39, 0.29) is 6.42 Å². The van der Waals surface area contributed by atoms with Crippen LogP contribution in [0.25, 0.3) is 0 Å². The van der Waals surface area contributed by atoms with Crippen molar-refractivity contribution in [1.82, 2.24) is 26.6 Å². The van der Waals surface area contributed by atoms with Gasteiger partial charge in [-0.25, -0.2) is 18.8 Å². The van der Waals surface area contributed by atoms with Crippen molar-refractivity contribution in [2.24, 2.45) is 5.73 Å². The number of nitrogens with two attached hydrogens (primary N) is 1. The number of carbonyl (C=O) groups is 6. The van der Waals surface area contributed by atoms with Crippen LogP contribution in [0.1, 0.15) is 60.5 Å². The van der Waals surface area contributed by atoms with Crippen LogP contribution in [0.15, 0.2) is 30.3 Å². The fourth-order valence-electron chi connectivity index (χ4n) is 3.79. The van der Waals surface area contributed by atoms with Crippen molar-refractivity contribution in [3.05, 3.63) is 35.9 Å². The fraction of sp³-hybridized carbons (Fsp3) is 0.600. The maximum atomic E-state index is 15.0. The van der Waals surface area contributed by atoms with Crippen molar-refractivity contribution in [1.29, 1.82) is 0 Å². The van der Waals surface area contributed by atoms with Gasteiger partial charge in [0, 0.05) is 6.42 Å². The number of alkyl halides is 1. The van der Waals surface area contributed by atoms with Gasteiger partial charge in [0.1, 0.15) is 29.3 Å². The van der Waals surface area contributed by atoms with Gasteiger partial charge in [-0.05, 0) is 60.5 Å². The molecule has 0 saturated carbocycles. The van der Waals surface area contributed by atoms with E-state index in [1.165, 1.54) is 0 Å². The van der Waals surface area contributed by atoms with Crippen molar-refractivity contribution in [2.45, 2.75) is 109 Å². The van der Waals surface area contributed by atoms with Gasteiger partial charge in [0.05, 0.1) is 18.7 Å². The minimum Gasteiger partial charge on any atom is -0.480 e. The second-order valence-corrected chi connectivity index (χ2v) is 12.7. The number of alkyl carbamates (subject to hydrolysis) is 2. The normalized spacial score (nSPS) is 15.4. The molecule has 9 N–H and O–H groups in total. The number of amides is 5. The van der Waals surface area contributed by atoms with Gasteiger partial charge in [-0.1, -0.05) is 30.3 Å². The van der Waals surface area contributed by atoms with Crippen molar-refractivity contribution < 1.29 is 52.8 Å². The number of carboxylic acid groups (broad SMARTS) is 1. The maximum absolute atomic E-state index is 15.0. The van der Waals surface area contributed by atoms with Crippen LogP contribution in [0.3, 0.4) is 0 Å². The molecule has 16 nitrogen and oxygen atoms in total. The van der Waals surface area contributed by atoms with Gasteiger partial charge < -0.3 is 46.7 Å². The largest absolute Gasteiger partial charge is 0.480 e. The average molecular weight is 671 g/mol. The van der Waals surface area contributed by atoms with E-state index in [0.29, 0.717) is 5.56 Å². The van der Waals surface area contributed by atoms with Crippen LogP contribution in [0.5, 0.6) is 0 Å². The lowest BCUT2D eigenvalue weighted by atomic mass is 10.0. The van der Waals surface area contributed by atoms with Crippen LogP contribution in [0.4, 0.5) is 14.0 Å². The molecular formula is C30H47FN6O10. The molecule has 1 rings (SSSR count). The number of aliphatic hydroxyl groups is 1. The minimum absolute atomic E-state index is 0.0584. The predicted molar refractivity (Wildman–Crippen MR) is 166 cm³/mol. The molecule has 0 heterocycles. The SMILES string of the molecule is C[C@@H](O)[C@H](NC(=O)[C@H](CC(F)NC(=O)OC(C)(C)C)NC(=O)[C@@H](N)Cc1ccccc1)C(=O)N[C@@H](CNC(=O)OC(C)(C)C)C(=O)O. The standard InChI is InChI=1S/C30H47FN6O10/c1-16(38)22(25(41)35-20(26(42)43)15-33-27(44)46-29(2,3)4)37-24(40)19(14-21(31)36-28(45)47-30(5,6)7)34-23(39)18(32)13-17-11-9-8-10-12-17/h8-12,16,18-22,38H,13-15,32H2,1-7H3,(H,33,44)(H,34,39)(H,35,41)(H,36,45)(H,37,40)(H,42,43)/t16-,18+,19+,20+,21?,22+/m1/s1. The number of benzene rings is 1. The van der Waals surface area contributed by atoms with E-state index >= 15 is 0 Å². The summed E-state index contributed by atoms with van der Waals surface area (Å²) in [5, 5.41) is 30.5. The Kier molecular flexibility index (Phi) is 15.5. The number of halogens is 1. The van der Waals surface area contributed by atoms with E-state index in [9.17, 15) is 43.4 Å². The lowest BCUT2D eigenvalue weighted by Crippen LogP contribution is -2.61. The first-order valence-electron chi connectivity index (χ1n) is 14.8. The van der Waals surface area contributed by atoms with E-state index in [0.717, 1.165) is 6.92 Å². The van der Waals surface area contributed by atoms with Crippen molar-refractivity contribution in [3.8, 4) is 0 Å². The Hall–Kier alpha value is -4.51. The molecule has 264 valence electrons. The predicted octanol–water partition coefficient (Wildman–Crippen LogP) is 0.211. The second-order valence-electron chi connectivity index (χ2n) is 12.7. The fourth-order valence-corrected chi connectivity index (χ4v) is 3.79. The number of hydrogen-bond acceptors (Lipinski definition) is 10. The van der Waals surface area contributed by atoms with Crippen LogP contribution in [0.2, 0.25) is 0 Å². The van der Waals surface area contributed by atoms with Gasteiger partial charge in [-0.2, -0.15) is 0 Å². The summed E-state index contributed by atoms with van der Waals surface area (Å²) in [6, 6.07) is 2.22. The highest BCUT2D eigenvalue weighted by Gasteiger charge is 2.34. The van der Waals surface area contributed by atoms with Crippen molar-refractivity contribution in [2.75, 3.05) is 6.54 Å². The van der Waals surface area contributed by atoms with Crippen LogP contribution >= 0.6 is 0 Å². The number of ether oxygens (including phenoxy) is 2. The Morgan fingerprint density at radius 3 is 1.85 bits per heavy atom. The first kappa shape index (κ1) is 40.5. The zero-order valence-electron chi connectivity index (χ0n) is 27.6. The first-order valence-corrected chi connectivity index (χ1v) is 14.8. The molecule has 0 aliphatic carbocycles. The molecule has 1 unspecified atom stereocenters. The van der Waals surface area contributed by atoms with E-state index in [4.69, 9.17) is 15.2 Å². The summed E-state index contributed by atoms with van der Waals surface area (Å²) >= 11 is 0. The molecule has 0 spiro atoms. The molecule has 0 aliphatic heterocycles. The lowest BCUT2D eigenvalue weighted by Gasteiger charge is -2.27. The molecule has 5 amide bonds. The van der Waals surface area contributed by atoms with Gasteiger partial charge in [0.15, 0.2) is 6.30 Å². The van der Waals surface area contributed by atoms with E-state index in [1.54, 1.807) is 71.9 Å². The Labute approximate surface area is 272 Å². The highest BCUT2D eigenvalue weighted by atomic mass is 19.1. The van der Waals surface area contributed by atoms with E-state index < -0.39 is 96.6 Å². The molecule has 1 aromatic carbocycles. The molecule has 17 heteroatoms. The highest BCUT2D eigenvalue weighted by molar-refractivity contribution is 5.94. The summed E-state index contributed by atoms with van der Waals surface area (Å²) in [6.07, 6.45) is -6.74. The number of hydrogen-bond donors (Lipinski definition) is 8. The molecule has 0 fully saturated rings. The van der Waals surface area contributed by atoms with Crippen LogP contribution in [-0.4, -0.2) is 100 Å². The molecule has 6 atom stereocenters. The molecule has 0 radical (unpaired) electrons. The number of nitrogens with one attached hydrogen (secondary N) is 5. The third-order valence-corrected chi connectivity index (χ3v) is 5.91. The number of carboxylic acids is 1. The quantitative estimate of drug-likeness (QED) is 0.117. The van der Waals surface area contributed by atoms with Crippen molar-refractivity contribution in [3.63, 3.8) is 0 Å². The summed E-state index contributed by atoms with van der Waals surface area (Å²) in [7, 11) is 0. The number of aliphatic hydroxyl groups excluding tert-OH is 1. The average Bonchev–Trinajstić information content (AvgIpc) is 2.91. The van der Waals surface area contributed by atoms with Gasteiger partial charge >= 0.3 is 18.2 Å². The zero-order valence-corrected chi connectivity index (χ0v) is 27.6. The molecule has 1 aromatic rings. The molecule has 0 aromatic heterocycles. The van der Waals surface area contributed by atoms with Gasteiger partial charge in [0.2, 0.25) is 17.7 Å². The zero-order chi connectivity index (χ0) is 36.1. The smallest absolute Gasteiger partial charge is 0.409 e. The van der Waals surface area contributed by atoms with E-state index in [2.05, 4.69) is 21.3 Å². The van der Waals surface area contributed by atoms with Crippen molar-refractivity contribution >= 4 is 35.9 Å². The van der Waals surface area contributed by atoms with Gasteiger partial charge in [0.25, 0.3) is 0 Å². The minimum atomic E-state index is -2.24. The topological polar surface area (TPSA) is 248 Å². The Bertz CT molecular complexity index is 1240. The summed E-state index contributed by atoms with van der Waals surface area (Å²) in [4.78, 5) is 75.1. The number of aliphatic carboxylic acids is 1. The molecule has 0 bridgehead atoms. The number of carbonyl (C=O) groups excluding carboxylic acids is 5. The van der Waals surface area contributed by atoms with Crippen LogP contribution in [-0.2, 0) is 35.1 Å². The summed E-state index contributed by atoms with van der Waals surface area (Å²) in [6.45, 7) is 9.91. The Morgan fingerprint density at radius 2 is 1.34 bits per heavy atom. The Balaban J connectivity index is 3.12. The molecular weight excluding hydrogens is 623 g/mol. The summed E-state index contributed by atoms with van der Waals surface area (Å²) < 4.78 is 25.0. The van der Waals surface area contributed by atoms with Gasteiger partial charge in [-0.3, -0.25) is 19.7 Å². The third kappa shape index (κ3) is 16.6. The highest BCUT2D eigenvalue weighted by Crippen LogP contribution is 2.10. The van der Waals surface area contributed by atoms with E-state index in [1.807, 2.05) is 5.32 Å². The maximum Gasteiger partial charge on any atom is 0.409 e. The lowest BCUT2D eigenvalue weighted by molar-refractivity contribution is -0.143. The molecule has 0 saturated heterocycles. The molecule has 47 heavy (non-hydrogen) atoms. The van der Waals surface area contributed by atoms with Crippen LogP contribution in [0, 0.1) is 0 Å². The summed E-state index contributed by atoms with van der Waals surface area (Å²) in [5.74, 6) is -4.77. The first-order chi connectivity index (χ1) is 21.6. The summed E-state index contributed by atoms with van der Waals surface area (Å²) in [5.41, 5.74) is 4.87. The van der Waals surface area contributed by atoms with Gasteiger partial charge in [-0.15, -0.1) is 0 Å².